The third-order valence-corrected chi connectivity index (χ3v) is 3.87. The van der Waals surface area contributed by atoms with Gasteiger partial charge < -0.3 is 14.5 Å². The minimum atomic E-state index is 0.901. The Bertz CT molecular complexity index is 579. The molecule has 0 unspecified atom stereocenters. The van der Waals surface area contributed by atoms with E-state index in [4.69, 9.17) is 4.74 Å². The normalized spacial score (nSPS) is 10.8. The number of benzene rings is 1. The van der Waals surface area contributed by atoms with Crippen molar-refractivity contribution in [3.05, 3.63) is 53.7 Å². The number of hydrogen-bond donors (Lipinski definition) is 0. The van der Waals surface area contributed by atoms with E-state index >= 15 is 0 Å². The molecule has 124 valence electrons. The molecule has 4 nitrogen and oxygen atoms in total. The summed E-state index contributed by atoms with van der Waals surface area (Å²) in [5, 5.41) is 0. The van der Waals surface area contributed by atoms with Gasteiger partial charge in [-0.3, -0.25) is 0 Å². The highest BCUT2D eigenvalue weighted by molar-refractivity contribution is 5.39. The van der Waals surface area contributed by atoms with Crippen molar-refractivity contribution in [1.29, 1.82) is 0 Å². The van der Waals surface area contributed by atoms with Gasteiger partial charge in [0.15, 0.2) is 0 Å². The second-order valence-corrected chi connectivity index (χ2v) is 6.08. The standard InChI is InChI=1S/C19H27N3O/c1-16-5-10-19(20-15-16)22(14-13-21(2)3)12-11-17-6-8-18(23-4)9-7-17/h5-10,15H,11-14H2,1-4H3. The zero-order chi connectivity index (χ0) is 16.7. The van der Waals surface area contributed by atoms with E-state index in [1.807, 2.05) is 18.3 Å². The summed E-state index contributed by atoms with van der Waals surface area (Å²) in [5.74, 6) is 1.95. The molecule has 4 heteroatoms. The Morgan fingerprint density at radius 1 is 0.957 bits per heavy atom. The van der Waals surface area contributed by atoms with Crippen LogP contribution in [-0.2, 0) is 6.42 Å². The Hall–Kier alpha value is -2.07. The molecule has 1 aromatic heterocycles. The summed E-state index contributed by atoms with van der Waals surface area (Å²) in [6.07, 6.45) is 2.93. The van der Waals surface area contributed by atoms with E-state index in [0.29, 0.717) is 0 Å². The van der Waals surface area contributed by atoms with Gasteiger partial charge in [0.05, 0.1) is 7.11 Å². The average molecular weight is 313 g/mol. The molecule has 0 spiro atoms. The molecule has 0 bridgehead atoms. The van der Waals surface area contributed by atoms with Crippen LogP contribution in [0.4, 0.5) is 5.82 Å². The van der Waals surface area contributed by atoms with Gasteiger partial charge in [0.25, 0.3) is 0 Å². The molecule has 2 rings (SSSR count). The quantitative estimate of drug-likeness (QED) is 0.749. The lowest BCUT2D eigenvalue weighted by atomic mass is 10.1. The number of ether oxygens (including phenoxy) is 1. The molecule has 0 amide bonds. The summed E-state index contributed by atoms with van der Waals surface area (Å²) in [4.78, 5) is 9.14. The number of pyridine rings is 1. The number of methoxy groups -OCH3 is 1. The fraction of sp³-hybridized carbons (Fsp3) is 0.421. The Morgan fingerprint density at radius 3 is 2.26 bits per heavy atom. The SMILES string of the molecule is COc1ccc(CCN(CCN(C)C)c2ccc(C)cn2)cc1. The van der Waals surface area contributed by atoms with Gasteiger partial charge in [-0.05, 0) is 56.8 Å². The number of rotatable bonds is 8. The summed E-state index contributed by atoms with van der Waals surface area (Å²) in [6.45, 7) is 5.01. The first-order chi connectivity index (χ1) is 11.1. The predicted molar refractivity (Wildman–Crippen MR) is 96.4 cm³/mol. The van der Waals surface area contributed by atoms with Gasteiger partial charge in [-0.2, -0.15) is 0 Å². The first-order valence-corrected chi connectivity index (χ1v) is 8.04. The van der Waals surface area contributed by atoms with Crippen LogP contribution < -0.4 is 9.64 Å². The molecule has 2 aromatic rings. The lowest BCUT2D eigenvalue weighted by Gasteiger charge is -2.25. The minimum absolute atomic E-state index is 0.901. The van der Waals surface area contributed by atoms with Crippen LogP contribution in [0.15, 0.2) is 42.6 Å². The van der Waals surface area contributed by atoms with Gasteiger partial charge in [0.1, 0.15) is 11.6 Å². The number of nitrogens with zero attached hydrogens (tertiary/aromatic N) is 3. The van der Waals surface area contributed by atoms with Crippen LogP contribution in [0.1, 0.15) is 11.1 Å². The molecule has 0 atom stereocenters. The number of likely N-dealkylation sites (N-methyl/N-ethyl adjacent to an activating group) is 1. The third-order valence-electron chi connectivity index (χ3n) is 3.87. The molecule has 0 aliphatic rings. The first kappa shape index (κ1) is 17.3. The van der Waals surface area contributed by atoms with E-state index in [2.05, 4.69) is 60.1 Å². The minimum Gasteiger partial charge on any atom is -0.497 e. The largest absolute Gasteiger partial charge is 0.497 e. The number of anilines is 1. The van der Waals surface area contributed by atoms with Gasteiger partial charge in [-0.25, -0.2) is 4.98 Å². The Morgan fingerprint density at radius 2 is 1.70 bits per heavy atom. The van der Waals surface area contributed by atoms with Crippen molar-refractivity contribution in [3.8, 4) is 5.75 Å². The lowest BCUT2D eigenvalue weighted by Crippen LogP contribution is -2.33. The number of aryl methyl sites for hydroxylation is 1. The van der Waals surface area contributed by atoms with Gasteiger partial charge in [-0.1, -0.05) is 18.2 Å². The van der Waals surface area contributed by atoms with Crippen LogP contribution in [0, 0.1) is 6.92 Å². The van der Waals surface area contributed by atoms with Crippen molar-refractivity contribution in [3.63, 3.8) is 0 Å². The fourth-order valence-electron chi connectivity index (χ4n) is 2.36. The zero-order valence-electron chi connectivity index (χ0n) is 14.6. The van der Waals surface area contributed by atoms with Gasteiger partial charge >= 0.3 is 0 Å². The molecule has 0 aliphatic carbocycles. The Kier molecular flexibility index (Phi) is 6.41. The smallest absolute Gasteiger partial charge is 0.128 e. The first-order valence-electron chi connectivity index (χ1n) is 8.04. The monoisotopic (exact) mass is 313 g/mol. The second kappa shape index (κ2) is 8.53. The van der Waals surface area contributed by atoms with E-state index in [0.717, 1.165) is 37.6 Å². The molecule has 23 heavy (non-hydrogen) atoms. The summed E-state index contributed by atoms with van der Waals surface area (Å²) >= 11 is 0. The second-order valence-electron chi connectivity index (χ2n) is 6.08. The molecule has 1 heterocycles. The van der Waals surface area contributed by atoms with Crippen molar-refractivity contribution < 1.29 is 4.74 Å². The van der Waals surface area contributed by atoms with Crippen LogP contribution in [0.2, 0.25) is 0 Å². The van der Waals surface area contributed by atoms with Gasteiger partial charge in [0, 0.05) is 25.8 Å². The molecule has 0 radical (unpaired) electrons. The van der Waals surface area contributed by atoms with Crippen molar-refractivity contribution in [1.82, 2.24) is 9.88 Å². The summed E-state index contributed by atoms with van der Waals surface area (Å²) in [5.41, 5.74) is 2.50. The zero-order valence-corrected chi connectivity index (χ0v) is 14.6. The molecule has 0 N–H and O–H groups in total. The maximum Gasteiger partial charge on any atom is 0.128 e. The highest BCUT2D eigenvalue weighted by Crippen LogP contribution is 2.15. The Labute approximate surface area is 139 Å². The van der Waals surface area contributed by atoms with Crippen molar-refractivity contribution in [2.45, 2.75) is 13.3 Å². The van der Waals surface area contributed by atoms with E-state index in [1.54, 1.807) is 7.11 Å². The van der Waals surface area contributed by atoms with Crippen molar-refractivity contribution in [2.24, 2.45) is 0 Å². The van der Waals surface area contributed by atoms with Crippen molar-refractivity contribution >= 4 is 5.82 Å². The number of aromatic nitrogens is 1. The van der Waals surface area contributed by atoms with Crippen LogP contribution in [-0.4, -0.2) is 50.7 Å². The van der Waals surface area contributed by atoms with E-state index in [1.165, 1.54) is 11.1 Å². The van der Waals surface area contributed by atoms with Crippen LogP contribution in [0.25, 0.3) is 0 Å². The lowest BCUT2D eigenvalue weighted by molar-refractivity contribution is 0.412. The van der Waals surface area contributed by atoms with Crippen LogP contribution in [0.5, 0.6) is 5.75 Å². The maximum atomic E-state index is 5.21. The van der Waals surface area contributed by atoms with E-state index < -0.39 is 0 Å². The van der Waals surface area contributed by atoms with Crippen LogP contribution in [0.3, 0.4) is 0 Å². The predicted octanol–water partition coefficient (Wildman–Crippen LogP) is 3.01. The van der Waals surface area contributed by atoms with Crippen LogP contribution >= 0.6 is 0 Å². The topological polar surface area (TPSA) is 28.6 Å². The molecular weight excluding hydrogens is 286 g/mol. The third kappa shape index (κ3) is 5.57. The highest BCUT2D eigenvalue weighted by Gasteiger charge is 2.08. The summed E-state index contributed by atoms with van der Waals surface area (Å²) in [6, 6.07) is 12.5. The van der Waals surface area contributed by atoms with Crippen molar-refractivity contribution in [2.75, 3.05) is 45.7 Å². The molecule has 0 aliphatic heterocycles. The highest BCUT2D eigenvalue weighted by atomic mass is 16.5. The molecule has 1 aromatic carbocycles. The average Bonchev–Trinajstić information content (AvgIpc) is 2.56. The number of hydrogen-bond acceptors (Lipinski definition) is 4. The molecule has 0 fully saturated rings. The van der Waals surface area contributed by atoms with E-state index in [-0.39, 0.29) is 0 Å². The molecule has 0 saturated carbocycles. The molecule has 0 saturated heterocycles. The Balaban J connectivity index is 2.02. The summed E-state index contributed by atoms with van der Waals surface area (Å²) < 4.78 is 5.21. The van der Waals surface area contributed by atoms with E-state index in [9.17, 15) is 0 Å². The van der Waals surface area contributed by atoms with Gasteiger partial charge in [-0.15, -0.1) is 0 Å². The molecular formula is C19H27N3O. The maximum absolute atomic E-state index is 5.21. The fourth-order valence-corrected chi connectivity index (χ4v) is 2.36. The van der Waals surface area contributed by atoms with Gasteiger partial charge in [0.2, 0.25) is 0 Å². The summed E-state index contributed by atoms with van der Waals surface area (Å²) in [7, 11) is 5.90.